The Hall–Kier alpha value is -1.94. The number of hydrogen-bond acceptors (Lipinski definition) is 15. The highest BCUT2D eigenvalue weighted by atomic mass is 31.2. The normalized spacial score (nSPS) is 14.3. The van der Waals surface area contributed by atoms with Crippen molar-refractivity contribution in [1.82, 2.24) is 0 Å². The number of esters is 4. The standard InChI is InChI=1S/C60H116O17P2/c1-6-9-12-15-17-18-19-20-21-22-23-24-25-26-30-36-41-46-60(65)77-56(50-71-58(63)44-39-34-31-27-29-33-37-42-53(4)5)52-75-79(68,69)73-48-54(61)47-72-78(66,67)74-51-55(49-70-57(62)43-38-32-14-11-8-3)76-59(64)45-40-35-28-16-13-10-7-2/h53-56,61H,6-52H2,1-5H3,(H,66,67)(H,68,69)/t54-,55+,56+/m0/s1. The van der Waals surface area contributed by atoms with E-state index in [-0.39, 0.29) is 25.7 Å². The Morgan fingerprint density at radius 3 is 0.861 bits per heavy atom. The molecule has 0 saturated heterocycles. The minimum atomic E-state index is -4.94. The smallest absolute Gasteiger partial charge is 0.462 e. The van der Waals surface area contributed by atoms with Crippen LogP contribution in [0, 0.1) is 5.92 Å². The zero-order valence-corrected chi connectivity index (χ0v) is 52.3. The average molecular weight is 1170 g/mol. The Morgan fingerprint density at radius 1 is 0.342 bits per heavy atom. The molecule has 17 nitrogen and oxygen atoms in total. The van der Waals surface area contributed by atoms with Gasteiger partial charge in [-0.25, -0.2) is 9.13 Å². The first-order valence-electron chi connectivity index (χ1n) is 31.6. The highest BCUT2D eigenvalue weighted by Gasteiger charge is 2.30. The van der Waals surface area contributed by atoms with Crippen molar-refractivity contribution in [1.29, 1.82) is 0 Å². The van der Waals surface area contributed by atoms with Crippen molar-refractivity contribution in [3.8, 4) is 0 Å². The second-order valence-corrected chi connectivity index (χ2v) is 25.1. The van der Waals surface area contributed by atoms with Crippen LogP contribution in [-0.4, -0.2) is 96.7 Å². The summed E-state index contributed by atoms with van der Waals surface area (Å²) in [5, 5.41) is 10.5. The van der Waals surface area contributed by atoms with Crippen LogP contribution in [0.25, 0.3) is 0 Å². The van der Waals surface area contributed by atoms with Crippen LogP contribution in [0.3, 0.4) is 0 Å². The van der Waals surface area contributed by atoms with E-state index in [0.29, 0.717) is 31.6 Å². The average Bonchev–Trinajstić information content (AvgIpc) is 3.41. The summed E-state index contributed by atoms with van der Waals surface area (Å²) in [5.41, 5.74) is 0. The molecular formula is C60H116O17P2. The first-order chi connectivity index (χ1) is 38.0. The molecule has 0 amide bonds. The molecule has 79 heavy (non-hydrogen) atoms. The second kappa shape index (κ2) is 54.0. The molecule has 0 saturated carbocycles. The number of ether oxygens (including phenoxy) is 4. The highest BCUT2D eigenvalue weighted by Crippen LogP contribution is 2.45. The lowest BCUT2D eigenvalue weighted by molar-refractivity contribution is -0.161. The molecule has 0 aliphatic carbocycles. The van der Waals surface area contributed by atoms with E-state index in [4.69, 9.17) is 37.0 Å². The number of aliphatic hydroxyl groups is 1. The van der Waals surface area contributed by atoms with E-state index in [2.05, 4.69) is 34.6 Å². The third kappa shape index (κ3) is 55.0. The topological polar surface area (TPSA) is 237 Å². The zero-order valence-electron chi connectivity index (χ0n) is 50.5. The van der Waals surface area contributed by atoms with Gasteiger partial charge in [-0.2, -0.15) is 0 Å². The lowest BCUT2D eigenvalue weighted by Crippen LogP contribution is -2.30. The fraction of sp³-hybridized carbons (Fsp3) is 0.933. The summed E-state index contributed by atoms with van der Waals surface area (Å²) in [5.74, 6) is -1.45. The number of phosphoric acid groups is 2. The lowest BCUT2D eigenvalue weighted by Gasteiger charge is -2.21. The van der Waals surface area contributed by atoms with Crippen LogP contribution in [0.2, 0.25) is 0 Å². The largest absolute Gasteiger partial charge is 0.472 e. The van der Waals surface area contributed by atoms with Crippen molar-refractivity contribution in [3.63, 3.8) is 0 Å². The number of rotatable bonds is 60. The monoisotopic (exact) mass is 1170 g/mol. The Bertz CT molecular complexity index is 1550. The fourth-order valence-corrected chi connectivity index (χ4v) is 10.5. The maximum Gasteiger partial charge on any atom is 0.472 e. The Balaban J connectivity index is 5.12. The summed E-state index contributed by atoms with van der Waals surface area (Å²) >= 11 is 0. The minimum absolute atomic E-state index is 0.103. The predicted molar refractivity (Wildman–Crippen MR) is 312 cm³/mol. The van der Waals surface area contributed by atoms with Gasteiger partial charge in [0, 0.05) is 25.7 Å². The maximum absolute atomic E-state index is 12.9. The molecule has 0 aromatic rings. The SMILES string of the molecule is CCCCCCCCCCCCCCCCCCCC(=O)O[C@H](COC(=O)CCCCCCCCCC(C)C)COP(=O)(O)OC[C@@H](O)COP(=O)(O)OC[C@@H](COC(=O)CCCCCCC)OC(=O)CCCCCCCCC. The van der Waals surface area contributed by atoms with Gasteiger partial charge in [-0.3, -0.25) is 37.3 Å². The Labute approximate surface area is 479 Å². The van der Waals surface area contributed by atoms with E-state index in [1.807, 2.05) is 0 Å². The molecule has 5 atom stereocenters. The molecule has 0 radical (unpaired) electrons. The van der Waals surface area contributed by atoms with Gasteiger partial charge in [-0.1, -0.05) is 247 Å². The Morgan fingerprint density at radius 2 is 0.582 bits per heavy atom. The first-order valence-corrected chi connectivity index (χ1v) is 34.6. The third-order valence-corrected chi connectivity index (χ3v) is 15.7. The molecule has 0 aliphatic heterocycles. The van der Waals surface area contributed by atoms with Crippen LogP contribution >= 0.6 is 15.6 Å². The van der Waals surface area contributed by atoms with Crippen molar-refractivity contribution in [2.45, 2.75) is 316 Å². The molecule has 0 aromatic heterocycles. The quantitative estimate of drug-likeness (QED) is 0.0222. The van der Waals surface area contributed by atoms with Gasteiger partial charge >= 0.3 is 39.5 Å². The van der Waals surface area contributed by atoms with E-state index in [1.165, 1.54) is 96.3 Å². The number of aliphatic hydroxyl groups excluding tert-OH is 1. The summed E-state index contributed by atoms with van der Waals surface area (Å²) in [6.07, 6.45) is 36.8. The summed E-state index contributed by atoms with van der Waals surface area (Å²) in [7, 11) is -9.86. The van der Waals surface area contributed by atoms with Crippen molar-refractivity contribution < 1.29 is 80.2 Å². The summed E-state index contributed by atoms with van der Waals surface area (Å²) < 4.78 is 67.5. The third-order valence-electron chi connectivity index (χ3n) is 13.8. The van der Waals surface area contributed by atoms with Gasteiger partial charge < -0.3 is 33.8 Å². The number of carbonyl (C=O) groups is 4. The van der Waals surface area contributed by atoms with Gasteiger partial charge in [0.05, 0.1) is 26.4 Å². The van der Waals surface area contributed by atoms with E-state index < -0.39 is 97.5 Å². The molecular weight excluding hydrogens is 1050 g/mol. The molecule has 2 unspecified atom stereocenters. The molecule has 0 rings (SSSR count). The summed E-state index contributed by atoms with van der Waals surface area (Å²) in [4.78, 5) is 71.6. The lowest BCUT2D eigenvalue weighted by atomic mass is 10.0. The van der Waals surface area contributed by atoms with Crippen LogP contribution in [0.4, 0.5) is 0 Å². The predicted octanol–water partition coefficient (Wildman–Crippen LogP) is 16.2. The molecule has 0 fully saturated rings. The van der Waals surface area contributed by atoms with Gasteiger partial charge in [0.25, 0.3) is 0 Å². The second-order valence-electron chi connectivity index (χ2n) is 22.2. The van der Waals surface area contributed by atoms with E-state index >= 15 is 0 Å². The van der Waals surface area contributed by atoms with E-state index in [9.17, 15) is 43.2 Å². The van der Waals surface area contributed by atoms with Gasteiger partial charge in [0.1, 0.15) is 19.3 Å². The molecule has 0 bridgehead atoms. The summed E-state index contributed by atoms with van der Waals surface area (Å²) in [6.45, 7) is 6.98. The van der Waals surface area contributed by atoms with E-state index in [1.54, 1.807) is 0 Å². The van der Waals surface area contributed by atoms with Crippen LogP contribution in [0.5, 0.6) is 0 Å². The van der Waals surface area contributed by atoms with Crippen LogP contribution in [0.1, 0.15) is 298 Å². The molecule has 0 aromatic carbocycles. The fourth-order valence-electron chi connectivity index (χ4n) is 8.88. The number of phosphoric ester groups is 2. The first kappa shape index (κ1) is 77.1. The number of carbonyl (C=O) groups excluding carboxylic acids is 4. The van der Waals surface area contributed by atoms with Gasteiger partial charge in [0.15, 0.2) is 12.2 Å². The molecule has 468 valence electrons. The van der Waals surface area contributed by atoms with Crippen molar-refractivity contribution >= 4 is 39.5 Å². The zero-order chi connectivity index (χ0) is 58.5. The Kier molecular flexibility index (Phi) is 52.7. The van der Waals surface area contributed by atoms with Crippen LogP contribution in [0.15, 0.2) is 0 Å². The summed E-state index contributed by atoms with van der Waals surface area (Å²) in [6, 6.07) is 0. The van der Waals surface area contributed by atoms with Crippen LogP contribution < -0.4 is 0 Å². The van der Waals surface area contributed by atoms with Crippen LogP contribution in [-0.2, 0) is 65.4 Å². The van der Waals surface area contributed by atoms with Gasteiger partial charge in [-0.05, 0) is 31.6 Å². The maximum atomic E-state index is 12.9. The van der Waals surface area contributed by atoms with Crippen molar-refractivity contribution in [2.24, 2.45) is 5.92 Å². The van der Waals surface area contributed by atoms with Gasteiger partial charge in [-0.15, -0.1) is 0 Å². The minimum Gasteiger partial charge on any atom is -0.462 e. The molecule has 0 aliphatic rings. The molecule has 3 N–H and O–H groups in total. The van der Waals surface area contributed by atoms with Crippen molar-refractivity contribution in [3.05, 3.63) is 0 Å². The molecule has 19 heteroatoms. The van der Waals surface area contributed by atoms with E-state index in [0.717, 1.165) is 116 Å². The van der Waals surface area contributed by atoms with Crippen molar-refractivity contribution in [2.75, 3.05) is 39.6 Å². The molecule has 0 heterocycles. The van der Waals surface area contributed by atoms with Gasteiger partial charge in [0.2, 0.25) is 0 Å². The number of hydrogen-bond donors (Lipinski definition) is 3. The highest BCUT2D eigenvalue weighted by molar-refractivity contribution is 7.47. The number of unbranched alkanes of at least 4 members (excludes halogenated alkanes) is 32. The molecule has 0 spiro atoms.